The number of nitrogens with zero attached hydrogens (tertiary/aromatic N) is 1. The van der Waals surface area contributed by atoms with Gasteiger partial charge in [-0.3, -0.25) is 4.79 Å². The Hall–Kier alpha value is -5.04. The largest absolute Gasteiger partial charge is 0.493 e. The van der Waals surface area contributed by atoms with Crippen LogP contribution in [0.15, 0.2) is 91.0 Å². The fraction of sp³-hybridized carbons (Fsp3) is 0.0968. The van der Waals surface area contributed by atoms with Gasteiger partial charge in [-0.15, -0.1) is 0 Å². The number of H-pyrrole nitrogens is 1. The van der Waals surface area contributed by atoms with Crippen LogP contribution in [-0.4, -0.2) is 37.1 Å². The molecule has 0 fully saturated rings. The summed E-state index contributed by atoms with van der Waals surface area (Å²) in [6.45, 7) is 0. The average Bonchev–Trinajstić information content (AvgIpc) is 3.39. The van der Waals surface area contributed by atoms with E-state index in [4.69, 9.17) is 23.9 Å². The van der Waals surface area contributed by atoms with E-state index in [1.54, 1.807) is 18.2 Å². The Morgan fingerprint density at radius 3 is 2.13 bits per heavy atom. The summed E-state index contributed by atoms with van der Waals surface area (Å²) in [6, 6.07) is 28.0. The lowest BCUT2D eigenvalue weighted by atomic mass is 9.99. The van der Waals surface area contributed by atoms with Gasteiger partial charge in [0.05, 0.1) is 37.9 Å². The molecule has 5 rings (SSSR count). The summed E-state index contributed by atoms with van der Waals surface area (Å²) in [6.07, 6.45) is 1.79. The molecule has 0 saturated carbocycles. The van der Waals surface area contributed by atoms with Crippen molar-refractivity contribution in [2.75, 3.05) is 21.3 Å². The van der Waals surface area contributed by atoms with E-state index in [0.717, 1.165) is 22.3 Å². The molecule has 0 unspecified atom stereocenters. The van der Waals surface area contributed by atoms with Crippen molar-refractivity contribution in [1.82, 2.24) is 9.97 Å². The number of allylic oxidation sites excluding steroid dienone is 1. The van der Waals surface area contributed by atoms with Gasteiger partial charge in [-0.1, -0.05) is 42.5 Å². The summed E-state index contributed by atoms with van der Waals surface area (Å²) in [5, 5.41) is 0. The normalized spacial score (nSPS) is 11.3. The molecule has 1 heterocycles. The monoisotopic (exact) mass is 506 g/mol. The molecule has 0 spiro atoms. The number of nitrogens with one attached hydrogen (secondary N) is 1. The molecule has 4 aromatic carbocycles. The summed E-state index contributed by atoms with van der Waals surface area (Å²) in [7, 11) is 4.55. The van der Waals surface area contributed by atoms with E-state index in [0.29, 0.717) is 40.0 Å². The molecule has 1 aromatic heterocycles. The zero-order valence-electron chi connectivity index (χ0n) is 21.2. The van der Waals surface area contributed by atoms with E-state index in [2.05, 4.69) is 4.98 Å². The summed E-state index contributed by atoms with van der Waals surface area (Å²) in [4.78, 5) is 22.0. The number of benzene rings is 4. The molecule has 0 saturated heterocycles. The molecule has 7 heteroatoms. The molecule has 1 N–H and O–H groups in total. The second kappa shape index (κ2) is 10.9. The van der Waals surface area contributed by atoms with Gasteiger partial charge in [0.2, 0.25) is 5.75 Å². The number of hydrogen-bond donors (Lipinski definition) is 1. The number of aromatic nitrogens is 2. The highest BCUT2D eigenvalue weighted by molar-refractivity contribution is 6.32. The minimum Gasteiger partial charge on any atom is -0.493 e. The Kier molecular flexibility index (Phi) is 7.08. The van der Waals surface area contributed by atoms with Crippen LogP contribution in [0.1, 0.15) is 21.7 Å². The number of para-hydroxylation sites is 3. The zero-order valence-corrected chi connectivity index (χ0v) is 21.2. The first kappa shape index (κ1) is 24.6. The Morgan fingerprint density at radius 1 is 0.763 bits per heavy atom. The fourth-order valence-corrected chi connectivity index (χ4v) is 4.15. The smallest absolute Gasteiger partial charge is 0.203 e. The van der Waals surface area contributed by atoms with E-state index >= 15 is 0 Å². The molecule has 0 aliphatic carbocycles. The fourth-order valence-electron chi connectivity index (χ4n) is 4.15. The number of carbonyl (C=O) groups is 1. The predicted octanol–water partition coefficient (Wildman–Crippen LogP) is 6.80. The van der Waals surface area contributed by atoms with Crippen molar-refractivity contribution in [3.63, 3.8) is 0 Å². The maximum Gasteiger partial charge on any atom is 0.203 e. The Balaban J connectivity index is 1.61. The first-order valence-electron chi connectivity index (χ1n) is 11.9. The second-order valence-corrected chi connectivity index (χ2v) is 8.39. The lowest BCUT2D eigenvalue weighted by molar-refractivity contribution is 0.105. The van der Waals surface area contributed by atoms with Crippen molar-refractivity contribution in [3.8, 4) is 28.7 Å². The second-order valence-electron chi connectivity index (χ2n) is 8.39. The molecular formula is C31H26N2O5. The van der Waals surface area contributed by atoms with Gasteiger partial charge >= 0.3 is 0 Å². The van der Waals surface area contributed by atoms with E-state index in [9.17, 15) is 4.79 Å². The maximum atomic E-state index is 14.0. The van der Waals surface area contributed by atoms with Gasteiger partial charge in [0.15, 0.2) is 17.3 Å². The maximum absolute atomic E-state index is 14.0. The van der Waals surface area contributed by atoms with Crippen molar-refractivity contribution < 1.29 is 23.7 Å². The van der Waals surface area contributed by atoms with Crippen molar-refractivity contribution in [2.24, 2.45) is 0 Å². The standard InChI is InChI=1S/C31H26N2O5/c1-35-27-18-21(19-28(36-2)30(27)37-3)29(34)24(31-32-25-14-7-8-15-26(25)33-31)17-20-10-9-13-23(16-20)38-22-11-5-4-6-12-22/h4-19H,1-3H3,(H,32,33). The van der Waals surface area contributed by atoms with Crippen LogP contribution in [0.3, 0.4) is 0 Å². The van der Waals surface area contributed by atoms with Crippen molar-refractivity contribution >= 4 is 28.5 Å². The van der Waals surface area contributed by atoms with Crippen LogP contribution >= 0.6 is 0 Å². The highest BCUT2D eigenvalue weighted by Crippen LogP contribution is 2.39. The third-order valence-corrected chi connectivity index (χ3v) is 5.96. The molecule has 38 heavy (non-hydrogen) atoms. The van der Waals surface area contributed by atoms with Crippen LogP contribution in [-0.2, 0) is 0 Å². The molecular weight excluding hydrogens is 480 g/mol. The minimum atomic E-state index is -0.266. The molecule has 5 aromatic rings. The van der Waals surface area contributed by atoms with Gasteiger partial charge in [0.1, 0.15) is 17.3 Å². The number of carbonyl (C=O) groups excluding carboxylic acids is 1. The number of rotatable bonds is 9. The summed E-state index contributed by atoms with van der Waals surface area (Å²) >= 11 is 0. The number of hydrogen-bond acceptors (Lipinski definition) is 6. The predicted molar refractivity (Wildman–Crippen MR) is 147 cm³/mol. The topological polar surface area (TPSA) is 82.7 Å². The van der Waals surface area contributed by atoms with E-state index in [1.165, 1.54) is 21.3 Å². The van der Waals surface area contributed by atoms with E-state index < -0.39 is 0 Å². The molecule has 0 radical (unpaired) electrons. The Bertz CT molecular complexity index is 1560. The molecule has 0 aliphatic heterocycles. The van der Waals surface area contributed by atoms with Crippen molar-refractivity contribution in [3.05, 3.63) is 108 Å². The van der Waals surface area contributed by atoms with Gasteiger partial charge in [-0.2, -0.15) is 0 Å². The number of Topliss-reactive ketones (excluding diaryl/α,β-unsaturated/α-hetero) is 1. The molecule has 7 nitrogen and oxygen atoms in total. The number of fused-ring (bicyclic) bond motifs is 1. The Morgan fingerprint density at radius 2 is 1.45 bits per heavy atom. The van der Waals surface area contributed by atoms with Crippen molar-refractivity contribution in [2.45, 2.75) is 0 Å². The number of imidazole rings is 1. The zero-order chi connectivity index (χ0) is 26.5. The first-order valence-corrected chi connectivity index (χ1v) is 11.9. The van der Waals surface area contributed by atoms with Crippen LogP contribution in [0.5, 0.6) is 28.7 Å². The molecule has 0 bridgehead atoms. The van der Waals surface area contributed by atoms with Crippen LogP contribution in [0.4, 0.5) is 0 Å². The van der Waals surface area contributed by atoms with Crippen LogP contribution < -0.4 is 18.9 Å². The Labute approximate surface area is 220 Å². The minimum absolute atomic E-state index is 0.266. The van der Waals surface area contributed by atoms with E-state index in [-0.39, 0.29) is 5.78 Å². The average molecular weight is 507 g/mol. The number of ketones is 1. The molecule has 0 atom stereocenters. The van der Waals surface area contributed by atoms with Gasteiger partial charge in [-0.25, -0.2) is 4.98 Å². The van der Waals surface area contributed by atoms with Gasteiger partial charge in [-0.05, 0) is 60.2 Å². The lowest BCUT2D eigenvalue weighted by Gasteiger charge is -2.14. The van der Waals surface area contributed by atoms with Crippen LogP contribution in [0.25, 0.3) is 22.7 Å². The first-order chi connectivity index (χ1) is 18.6. The third kappa shape index (κ3) is 5.08. The van der Waals surface area contributed by atoms with Gasteiger partial charge in [0, 0.05) is 5.56 Å². The van der Waals surface area contributed by atoms with Crippen LogP contribution in [0.2, 0.25) is 0 Å². The number of methoxy groups -OCH3 is 3. The quantitative estimate of drug-likeness (QED) is 0.175. The number of aromatic amines is 1. The highest BCUT2D eigenvalue weighted by atomic mass is 16.5. The lowest BCUT2D eigenvalue weighted by Crippen LogP contribution is -2.06. The van der Waals surface area contributed by atoms with E-state index in [1.807, 2.05) is 78.9 Å². The molecule has 0 aliphatic rings. The van der Waals surface area contributed by atoms with Gasteiger partial charge < -0.3 is 23.9 Å². The van der Waals surface area contributed by atoms with Crippen LogP contribution in [0, 0.1) is 0 Å². The summed E-state index contributed by atoms with van der Waals surface area (Å²) in [5.74, 6) is 2.73. The summed E-state index contributed by atoms with van der Waals surface area (Å²) in [5.41, 5.74) is 3.09. The van der Waals surface area contributed by atoms with Crippen molar-refractivity contribution in [1.29, 1.82) is 0 Å². The number of ether oxygens (including phenoxy) is 4. The highest BCUT2D eigenvalue weighted by Gasteiger charge is 2.22. The molecule has 190 valence electrons. The summed E-state index contributed by atoms with van der Waals surface area (Å²) < 4.78 is 22.4. The molecule has 0 amide bonds. The SMILES string of the molecule is COc1cc(C(=O)C(=Cc2cccc(Oc3ccccc3)c2)c2nc3ccccc3[nH]2)cc(OC)c1OC. The third-order valence-electron chi connectivity index (χ3n) is 5.96. The van der Waals surface area contributed by atoms with Gasteiger partial charge in [0.25, 0.3) is 0 Å².